The Labute approximate surface area is 134 Å². The molecule has 2 heterocycles. The normalized spacial score (nSPS) is 21.2. The first-order valence-corrected chi connectivity index (χ1v) is 7.91. The molecule has 6 heteroatoms. The number of nitrogens with one attached hydrogen (secondary N) is 1. The molecule has 1 N–H and O–H groups in total. The average molecular weight is 323 g/mol. The van der Waals surface area contributed by atoms with E-state index in [2.05, 4.69) is 5.32 Å². The van der Waals surface area contributed by atoms with E-state index in [4.69, 9.17) is 16.3 Å². The molecule has 1 aromatic carbocycles. The summed E-state index contributed by atoms with van der Waals surface area (Å²) in [7, 11) is 0. The van der Waals surface area contributed by atoms with Crippen molar-refractivity contribution in [1.29, 1.82) is 0 Å². The third-order valence-corrected chi connectivity index (χ3v) is 4.51. The first kappa shape index (κ1) is 15.2. The summed E-state index contributed by atoms with van der Waals surface area (Å²) in [5.74, 6) is 0.737. The molecule has 0 unspecified atom stereocenters. The van der Waals surface area contributed by atoms with Crippen molar-refractivity contribution in [3.63, 3.8) is 0 Å². The highest BCUT2D eigenvalue weighted by molar-refractivity contribution is 6.30. The zero-order valence-corrected chi connectivity index (χ0v) is 13.2. The van der Waals surface area contributed by atoms with Gasteiger partial charge in [0.15, 0.2) is 6.10 Å². The van der Waals surface area contributed by atoms with Crippen LogP contribution in [0.3, 0.4) is 0 Å². The van der Waals surface area contributed by atoms with Crippen LogP contribution in [0.25, 0.3) is 0 Å². The fourth-order valence-electron chi connectivity index (χ4n) is 3.00. The van der Waals surface area contributed by atoms with Gasteiger partial charge >= 0.3 is 0 Å². The summed E-state index contributed by atoms with van der Waals surface area (Å²) >= 11 is 5.96. The quantitative estimate of drug-likeness (QED) is 0.903. The van der Waals surface area contributed by atoms with E-state index in [1.807, 2.05) is 11.0 Å². The molecule has 3 rings (SSSR count). The molecular formula is C16H19ClN2O3. The van der Waals surface area contributed by atoms with Gasteiger partial charge in [0.05, 0.1) is 0 Å². The van der Waals surface area contributed by atoms with Crippen LogP contribution in [0.4, 0.5) is 0 Å². The SMILES string of the molecule is CC(=O)N1CCC(NC(=O)[C@H]2Cc3cc(Cl)ccc3O2)CC1. The summed E-state index contributed by atoms with van der Waals surface area (Å²) < 4.78 is 5.69. The Morgan fingerprint density at radius 2 is 2.05 bits per heavy atom. The predicted octanol–water partition coefficient (Wildman–Crippen LogP) is 1.77. The van der Waals surface area contributed by atoms with Gasteiger partial charge in [0.25, 0.3) is 5.91 Å². The number of likely N-dealkylation sites (tertiary alicyclic amines) is 1. The number of rotatable bonds is 2. The lowest BCUT2D eigenvalue weighted by Gasteiger charge is -2.32. The standard InChI is InChI=1S/C16H19ClN2O3/c1-10(20)19-6-4-13(5-7-19)18-16(21)15-9-11-8-12(17)2-3-14(11)22-15/h2-3,8,13,15H,4-7,9H2,1H3,(H,18,21)/t15-/m1/s1. The van der Waals surface area contributed by atoms with Gasteiger partial charge in [-0.3, -0.25) is 9.59 Å². The number of nitrogens with zero attached hydrogens (tertiary/aromatic N) is 1. The molecule has 0 saturated carbocycles. The number of hydrogen-bond donors (Lipinski definition) is 1. The summed E-state index contributed by atoms with van der Waals surface area (Å²) in [6.45, 7) is 2.97. The van der Waals surface area contributed by atoms with E-state index in [-0.39, 0.29) is 17.9 Å². The topological polar surface area (TPSA) is 58.6 Å². The molecule has 1 saturated heterocycles. The lowest BCUT2D eigenvalue weighted by Crippen LogP contribution is -2.49. The second-order valence-electron chi connectivity index (χ2n) is 5.85. The van der Waals surface area contributed by atoms with Gasteiger partial charge in [0.1, 0.15) is 5.75 Å². The fraction of sp³-hybridized carbons (Fsp3) is 0.500. The molecule has 2 aliphatic rings. The maximum atomic E-state index is 12.3. The Balaban J connectivity index is 1.53. The highest BCUT2D eigenvalue weighted by Crippen LogP contribution is 2.31. The molecule has 5 nitrogen and oxygen atoms in total. The molecule has 0 bridgehead atoms. The molecule has 118 valence electrons. The van der Waals surface area contributed by atoms with Gasteiger partial charge in [0, 0.05) is 37.5 Å². The summed E-state index contributed by atoms with van der Waals surface area (Å²) in [4.78, 5) is 25.4. The second kappa shape index (κ2) is 6.16. The second-order valence-corrected chi connectivity index (χ2v) is 6.29. The van der Waals surface area contributed by atoms with E-state index in [1.165, 1.54) is 0 Å². The van der Waals surface area contributed by atoms with E-state index in [0.29, 0.717) is 24.5 Å². The number of benzene rings is 1. The van der Waals surface area contributed by atoms with Gasteiger partial charge in [-0.15, -0.1) is 0 Å². The minimum absolute atomic E-state index is 0.0893. The summed E-state index contributed by atoms with van der Waals surface area (Å²) in [6, 6.07) is 5.52. The number of amides is 2. The van der Waals surface area contributed by atoms with Crippen LogP contribution in [0.2, 0.25) is 5.02 Å². The molecule has 0 radical (unpaired) electrons. The summed E-state index contributed by atoms with van der Waals surface area (Å²) in [5, 5.41) is 3.69. The van der Waals surface area contributed by atoms with E-state index in [1.54, 1.807) is 19.1 Å². The van der Waals surface area contributed by atoms with Gasteiger partial charge in [-0.1, -0.05) is 11.6 Å². The van der Waals surface area contributed by atoms with Gasteiger partial charge < -0.3 is 15.0 Å². The van der Waals surface area contributed by atoms with Crippen molar-refractivity contribution in [2.75, 3.05) is 13.1 Å². The van der Waals surface area contributed by atoms with Crippen LogP contribution in [0.15, 0.2) is 18.2 Å². The molecule has 2 amide bonds. The number of halogens is 1. The van der Waals surface area contributed by atoms with E-state index in [0.717, 1.165) is 24.2 Å². The Morgan fingerprint density at radius 1 is 1.32 bits per heavy atom. The largest absolute Gasteiger partial charge is 0.480 e. The zero-order chi connectivity index (χ0) is 15.7. The highest BCUT2D eigenvalue weighted by Gasteiger charge is 2.31. The van der Waals surface area contributed by atoms with Crippen molar-refractivity contribution >= 4 is 23.4 Å². The minimum atomic E-state index is -0.487. The Hall–Kier alpha value is -1.75. The molecule has 0 aliphatic carbocycles. The number of carbonyl (C=O) groups excluding carboxylic acids is 2. The number of fused-ring (bicyclic) bond motifs is 1. The van der Waals surface area contributed by atoms with E-state index in [9.17, 15) is 9.59 Å². The number of hydrogen-bond acceptors (Lipinski definition) is 3. The first-order chi connectivity index (χ1) is 10.5. The average Bonchev–Trinajstić information content (AvgIpc) is 2.91. The lowest BCUT2D eigenvalue weighted by atomic mass is 10.0. The first-order valence-electron chi connectivity index (χ1n) is 7.54. The van der Waals surface area contributed by atoms with Crippen LogP contribution >= 0.6 is 11.6 Å². The molecule has 0 aromatic heterocycles. The molecular weight excluding hydrogens is 304 g/mol. The lowest BCUT2D eigenvalue weighted by molar-refractivity contribution is -0.130. The van der Waals surface area contributed by atoms with Crippen LogP contribution in [-0.2, 0) is 16.0 Å². The monoisotopic (exact) mass is 322 g/mol. The molecule has 1 atom stereocenters. The Kier molecular flexibility index (Phi) is 4.25. The third kappa shape index (κ3) is 3.19. The van der Waals surface area contributed by atoms with Crippen molar-refractivity contribution in [3.05, 3.63) is 28.8 Å². The van der Waals surface area contributed by atoms with E-state index >= 15 is 0 Å². The fourth-order valence-corrected chi connectivity index (χ4v) is 3.19. The third-order valence-electron chi connectivity index (χ3n) is 4.28. The van der Waals surface area contributed by atoms with Gasteiger partial charge in [-0.2, -0.15) is 0 Å². The van der Waals surface area contributed by atoms with Crippen LogP contribution in [0.5, 0.6) is 5.75 Å². The molecule has 1 aromatic rings. The van der Waals surface area contributed by atoms with Crippen molar-refractivity contribution in [2.45, 2.75) is 38.3 Å². The molecule has 22 heavy (non-hydrogen) atoms. The van der Waals surface area contributed by atoms with E-state index < -0.39 is 6.10 Å². The molecule has 0 spiro atoms. The maximum Gasteiger partial charge on any atom is 0.261 e. The van der Waals surface area contributed by atoms with Crippen molar-refractivity contribution in [3.8, 4) is 5.75 Å². The molecule has 1 fully saturated rings. The van der Waals surface area contributed by atoms with Crippen molar-refractivity contribution < 1.29 is 14.3 Å². The molecule has 2 aliphatic heterocycles. The smallest absolute Gasteiger partial charge is 0.261 e. The van der Waals surface area contributed by atoms with Crippen molar-refractivity contribution in [2.24, 2.45) is 0 Å². The zero-order valence-electron chi connectivity index (χ0n) is 12.5. The number of ether oxygens (including phenoxy) is 1. The number of carbonyl (C=O) groups is 2. The van der Waals surface area contributed by atoms with Gasteiger partial charge in [0.2, 0.25) is 5.91 Å². The minimum Gasteiger partial charge on any atom is -0.480 e. The predicted molar refractivity (Wildman–Crippen MR) is 83.0 cm³/mol. The van der Waals surface area contributed by atoms with Gasteiger partial charge in [-0.25, -0.2) is 0 Å². The van der Waals surface area contributed by atoms with Crippen LogP contribution in [0, 0.1) is 0 Å². The highest BCUT2D eigenvalue weighted by atomic mass is 35.5. The summed E-state index contributed by atoms with van der Waals surface area (Å²) in [5.41, 5.74) is 0.971. The maximum absolute atomic E-state index is 12.3. The van der Waals surface area contributed by atoms with Crippen LogP contribution in [-0.4, -0.2) is 41.9 Å². The van der Waals surface area contributed by atoms with Crippen LogP contribution < -0.4 is 10.1 Å². The van der Waals surface area contributed by atoms with Gasteiger partial charge in [-0.05, 0) is 36.6 Å². The van der Waals surface area contributed by atoms with Crippen molar-refractivity contribution in [1.82, 2.24) is 10.2 Å². The summed E-state index contributed by atoms with van der Waals surface area (Å²) in [6.07, 6.45) is 1.64. The Morgan fingerprint density at radius 3 is 2.73 bits per heavy atom. The van der Waals surface area contributed by atoms with Crippen LogP contribution in [0.1, 0.15) is 25.3 Å². The Bertz CT molecular complexity index is 597. The number of piperidine rings is 1.